The van der Waals surface area contributed by atoms with Gasteiger partial charge in [-0.05, 0) is 29.9 Å². The summed E-state index contributed by atoms with van der Waals surface area (Å²) in [6.07, 6.45) is 4.97. The van der Waals surface area contributed by atoms with Crippen LogP contribution in [0.5, 0.6) is 0 Å². The Labute approximate surface area is 163 Å². The largest absolute Gasteiger partial charge is 0.334 e. The number of fused-ring (bicyclic) bond motifs is 1. The minimum atomic E-state index is -0.233. The van der Waals surface area contributed by atoms with Gasteiger partial charge in [0.05, 0.1) is 6.20 Å². The Morgan fingerprint density at radius 3 is 2.61 bits per heavy atom. The summed E-state index contributed by atoms with van der Waals surface area (Å²) in [6.45, 7) is 4.90. The van der Waals surface area contributed by atoms with Crippen LogP contribution in [0.15, 0.2) is 41.6 Å². The first-order valence-corrected chi connectivity index (χ1v) is 9.69. The maximum Gasteiger partial charge on any atom is 0.264 e. The Hall–Kier alpha value is -2.96. The smallest absolute Gasteiger partial charge is 0.264 e. The summed E-state index contributed by atoms with van der Waals surface area (Å²) in [6, 6.07) is 8.70. The zero-order valence-corrected chi connectivity index (χ0v) is 16.5. The van der Waals surface area contributed by atoms with E-state index in [9.17, 15) is 9.59 Å². The standard InChI is InChI=1S/C21H25N5O2/c1-14(2)16-6-4-15(5-7-16)11-26(17-8-9-17)19(27)12-25-13-22-20-18(21(25)28)10-23-24(20)3/h4-7,10,13-14,17H,8-9,11-12H2,1-3H3. The van der Waals surface area contributed by atoms with E-state index >= 15 is 0 Å². The molecule has 0 unspecified atom stereocenters. The monoisotopic (exact) mass is 379 g/mol. The van der Waals surface area contributed by atoms with Crippen LogP contribution in [-0.2, 0) is 24.9 Å². The molecule has 1 aliphatic carbocycles. The van der Waals surface area contributed by atoms with Crippen molar-refractivity contribution in [1.82, 2.24) is 24.2 Å². The number of aryl methyl sites for hydroxylation is 1. The van der Waals surface area contributed by atoms with Gasteiger partial charge < -0.3 is 4.90 Å². The summed E-state index contributed by atoms with van der Waals surface area (Å²) in [4.78, 5) is 31.8. The first-order chi connectivity index (χ1) is 13.4. The molecular formula is C21H25N5O2. The van der Waals surface area contributed by atoms with Crippen LogP contribution in [0.1, 0.15) is 43.7 Å². The Bertz CT molecular complexity index is 1060. The molecule has 0 saturated heterocycles. The van der Waals surface area contributed by atoms with Crippen molar-refractivity contribution in [3.63, 3.8) is 0 Å². The summed E-state index contributed by atoms with van der Waals surface area (Å²) >= 11 is 0. The maximum absolute atomic E-state index is 13.0. The molecule has 0 bridgehead atoms. The molecule has 1 aliphatic rings. The number of rotatable bonds is 6. The number of hydrogen-bond acceptors (Lipinski definition) is 4. The highest BCUT2D eigenvalue weighted by molar-refractivity contribution is 5.78. The predicted molar refractivity (Wildman–Crippen MR) is 107 cm³/mol. The van der Waals surface area contributed by atoms with E-state index in [1.807, 2.05) is 4.90 Å². The molecule has 2 heterocycles. The van der Waals surface area contributed by atoms with Crippen LogP contribution in [-0.4, -0.2) is 36.2 Å². The molecular weight excluding hydrogens is 354 g/mol. The Morgan fingerprint density at radius 2 is 1.96 bits per heavy atom. The second kappa shape index (κ2) is 7.22. The maximum atomic E-state index is 13.0. The second-order valence-corrected chi connectivity index (χ2v) is 7.83. The minimum Gasteiger partial charge on any atom is -0.334 e. The van der Waals surface area contributed by atoms with Crippen molar-refractivity contribution in [2.45, 2.75) is 51.7 Å². The third kappa shape index (κ3) is 3.56. The van der Waals surface area contributed by atoms with E-state index in [1.165, 1.54) is 22.7 Å². The van der Waals surface area contributed by atoms with Gasteiger partial charge in [0.15, 0.2) is 5.65 Å². The summed E-state index contributed by atoms with van der Waals surface area (Å²) in [5.74, 6) is 0.430. The van der Waals surface area contributed by atoms with Crippen molar-refractivity contribution in [3.05, 3.63) is 58.3 Å². The zero-order valence-electron chi connectivity index (χ0n) is 16.5. The molecule has 28 heavy (non-hydrogen) atoms. The van der Waals surface area contributed by atoms with Gasteiger partial charge in [0.2, 0.25) is 5.91 Å². The molecule has 0 spiro atoms. The fourth-order valence-corrected chi connectivity index (χ4v) is 3.43. The van der Waals surface area contributed by atoms with Crippen LogP contribution in [0.2, 0.25) is 0 Å². The summed E-state index contributed by atoms with van der Waals surface area (Å²) in [5, 5.41) is 4.50. The number of hydrogen-bond donors (Lipinski definition) is 0. The lowest BCUT2D eigenvalue weighted by Gasteiger charge is -2.23. The number of nitrogens with zero attached hydrogens (tertiary/aromatic N) is 5. The van der Waals surface area contributed by atoms with Crippen LogP contribution >= 0.6 is 0 Å². The number of carbonyl (C=O) groups is 1. The molecule has 1 saturated carbocycles. The fourth-order valence-electron chi connectivity index (χ4n) is 3.43. The number of carbonyl (C=O) groups excluding carboxylic acids is 1. The van der Waals surface area contributed by atoms with Gasteiger partial charge in [-0.2, -0.15) is 5.10 Å². The van der Waals surface area contributed by atoms with Crippen molar-refractivity contribution < 1.29 is 4.79 Å². The van der Waals surface area contributed by atoms with Gasteiger partial charge in [-0.3, -0.25) is 18.8 Å². The first kappa shape index (κ1) is 18.4. The molecule has 0 N–H and O–H groups in total. The molecule has 4 rings (SSSR count). The third-order valence-corrected chi connectivity index (χ3v) is 5.33. The molecule has 7 nitrogen and oxygen atoms in total. The Morgan fingerprint density at radius 1 is 1.25 bits per heavy atom. The molecule has 146 valence electrons. The van der Waals surface area contributed by atoms with Gasteiger partial charge in [0.25, 0.3) is 5.56 Å². The van der Waals surface area contributed by atoms with Gasteiger partial charge in [-0.15, -0.1) is 0 Å². The normalized spacial score (nSPS) is 14.0. The highest BCUT2D eigenvalue weighted by Crippen LogP contribution is 2.29. The average molecular weight is 379 g/mol. The van der Waals surface area contributed by atoms with E-state index in [4.69, 9.17) is 0 Å². The summed E-state index contributed by atoms with van der Waals surface area (Å²) < 4.78 is 2.93. The van der Waals surface area contributed by atoms with Crippen molar-refractivity contribution in [2.24, 2.45) is 7.05 Å². The summed E-state index contributed by atoms with van der Waals surface area (Å²) in [5.41, 5.74) is 2.69. The highest BCUT2D eigenvalue weighted by atomic mass is 16.2. The molecule has 2 aromatic heterocycles. The molecule has 1 amide bonds. The van der Waals surface area contributed by atoms with Crippen LogP contribution in [0.3, 0.4) is 0 Å². The molecule has 3 aromatic rings. The Balaban J connectivity index is 1.53. The molecule has 1 aromatic carbocycles. The fraction of sp³-hybridized carbons (Fsp3) is 0.429. The van der Waals surface area contributed by atoms with Crippen LogP contribution < -0.4 is 5.56 Å². The zero-order chi connectivity index (χ0) is 19.8. The lowest BCUT2D eigenvalue weighted by Crippen LogP contribution is -2.37. The topological polar surface area (TPSA) is 73.0 Å². The van der Waals surface area contributed by atoms with E-state index in [0.29, 0.717) is 23.5 Å². The third-order valence-electron chi connectivity index (χ3n) is 5.33. The summed E-state index contributed by atoms with van der Waals surface area (Å²) in [7, 11) is 1.74. The lowest BCUT2D eigenvalue weighted by atomic mass is 10.0. The van der Waals surface area contributed by atoms with E-state index < -0.39 is 0 Å². The van der Waals surface area contributed by atoms with Crippen molar-refractivity contribution in [1.29, 1.82) is 0 Å². The average Bonchev–Trinajstić information content (AvgIpc) is 3.45. The van der Waals surface area contributed by atoms with Gasteiger partial charge >= 0.3 is 0 Å². The van der Waals surface area contributed by atoms with Gasteiger partial charge in [-0.25, -0.2) is 4.98 Å². The minimum absolute atomic E-state index is 0.00273. The first-order valence-electron chi connectivity index (χ1n) is 9.69. The van der Waals surface area contributed by atoms with E-state index in [-0.39, 0.29) is 24.1 Å². The van der Waals surface area contributed by atoms with E-state index in [2.05, 4.69) is 48.2 Å². The van der Waals surface area contributed by atoms with Crippen LogP contribution in [0.25, 0.3) is 11.0 Å². The second-order valence-electron chi connectivity index (χ2n) is 7.83. The highest BCUT2D eigenvalue weighted by Gasteiger charge is 2.32. The molecule has 1 fully saturated rings. The SMILES string of the molecule is CC(C)c1ccc(CN(C(=O)Cn2cnc3c(cnn3C)c2=O)C2CC2)cc1. The van der Waals surface area contributed by atoms with Crippen LogP contribution in [0.4, 0.5) is 0 Å². The van der Waals surface area contributed by atoms with Crippen LogP contribution in [0, 0.1) is 0 Å². The quantitative estimate of drug-likeness (QED) is 0.659. The van der Waals surface area contributed by atoms with Gasteiger partial charge in [0.1, 0.15) is 18.3 Å². The van der Waals surface area contributed by atoms with Crippen molar-refractivity contribution in [2.75, 3.05) is 0 Å². The molecule has 0 aliphatic heterocycles. The number of amides is 1. The van der Waals surface area contributed by atoms with E-state index in [1.54, 1.807) is 11.7 Å². The van der Waals surface area contributed by atoms with Gasteiger partial charge in [-0.1, -0.05) is 38.1 Å². The molecule has 7 heteroatoms. The van der Waals surface area contributed by atoms with Crippen molar-refractivity contribution >= 4 is 16.9 Å². The Kier molecular flexibility index (Phi) is 4.75. The molecule has 0 atom stereocenters. The lowest BCUT2D eigenvalue weighted by molar-refractivity contribution is -0.133. The molecule has 0 radical (unpaired) electrons. The van der Waals surface area contributed by atoms with Gasteiger partial charge in [0, 0.05) is 19.6 Å². The predicted octanol–water partition coefficient (Wildman–Crippen LogP) is 2.44. The number of aromatic nitrogens is 4. The number of benzene rings is 1. The van der Waals surface area contributed by atoms with E-state index in [0.717, 1.165) is 18.4 Å². The van der Waals surface area contributed by atoms with Crippen molar-refractivity contribution in [3.8, 4) is 0 Å².